The number of methoxy groups -OCH3 is 1. The summed E-state index contributed by atoms with van der Waals surface area (Å²) in [5.41, 5.74) is 3.06. The highest BCUT2D eigenvalue weighted by Crippen LogP contribution is 2.22. The zero-order valence-electron chi connectivity index (χ0n) is 13.4. The number of esters is 1. The fraction of sp³-hybridized carbons (Fsp3) is 0.529. The minimum absolute atomic E-state index is 0.0421. The van der Waals surface area contributed by atoms with Crippen LogP contribution in [0.1, 0.15) is 30.4 Å². The van der Waals surface area contributed by atoms with Crippen molar-refractivity contribution in [2.24, 2.45) is 5.92 Å². The van der Waals surface area contributed by atoms with E-state index in [1.807, 2.05) is 26.0 Å². The maximum atomic E-state index is 12.4. The molecule has 2 atom stereocenters. The number of piperidine rings is 1. The number of amides is 1. The molecule has 1 fully saturated rings. The lowest BCUT2D eigenvalue weighted by molar-refractivity contribution is -0.142. The van der Waals surface area contributed by atoms with Crippen molar-refractivity contribution in [1.82, 2.24) is 5.32 Å². The van der Waals surface area contributed by atoms with Crippen LogP contribution in [0.2, 0.25) is 0 Å². The first-order valence-corrected chi connectivity index (χ1v) is 7.67. The molecule has 5 heteroatoms. The van der Waals surface area contributed by atoms with Crippen molar-refractivity contribution in [2.75, 3.05) is 19.0 Å². The molecule has 0 spiro atoms. The molecule has 1 heterocycles. The van der Waals surface area contributed by atoms with E-state index in [2.05, 4.69) is 16.7 Å². The summed E-state index contributed by atoms with van der Waals surface area (Å²) in [7, 11) is 1.40. The molecule has 1 unspecified atom stereocenters. The van der Waals surface area contributed by atoms with E-state index in [1.54, 1.807) is 0 Å². The molecular formula is C17H24N2O3. The third-order valence-corrected chi connectivity index (χ3v) is 4.00. The number of hydrogen-bond acceptors (Lipinski definition) is 4. The Bertz CT molecular complexity index is 537. The summed E-state index contributed by atoms with van der Waals surface area (Å²) in [5, 5.41) is 6.19. The number of carbonyl (C=O) groups is 2. The molecule has 0 radical (unpaired) electrons. The van der Waals surface area contributed by atoms with E-state index in [1.165, 1.54) is 7.11 Å². The smallest absolute Gasteiger partial charge is 0.305 e. The normalized spacial score (nSPS) is 21.2. The molecule has 120 valence electrons. The van der Waals surface area contributed by atoms with Crippen LogP contribution in [0.25, 0.3) is 0 Å². The molecule has 0 bridgehead atoms. The van der Waals surface area contributed by atoms with Crippen molar-refractivity contribution in [2.45, 2.75) is 39.2 Å². The van der Waals surface area contributed by atoms with Crippen LogP contribution < -0.4 is 10.6 Å². The molecule has 0 aliphatic carbocycles. The van der Waals surface area contributed by atoms with Crippen LogP contribution >= 0.6 is 0 Å². The molecule has 2 rings (SSSR count). The van der Waals surface area contributed by atoms with Gasteiger partial charge in [0, 0.05) is 12.1 Å². The lowest BCUT2D eigenvalue weighted by atomic mass is 9.89. The second-order valence-corrected chi connectivity index (χ2v) is 6.04. The van der Waals surface area contributed by atoms with E-state index in [0.717, 1.165) is 29.8 Å². The van der Waals surface area contributed by atoms with Gasteiger partial charge >= 0.3 is 5.97 Å². The average molecular weight is 304 g/mol. The Kier molecular flexibility index (Phi) is 5.55. The van der Waals surface area contributed by atoms with Gasteiger partial charge in [0.1, 0.15) is 0 Å². The third-order valence-electron chi connectivity index (χ3n) is 4.00. The summed E-state index contributed by atoms with van der Waals surface area (Å²) in [5.74, 6) is -0.0522. The molecule has 1 saturated heterocycles. The highest BCUT2D eigenvalue weighted by molar-refractivity contribution is 5.95. The number of ether oxygens (including phenoxy) is 1. The van der Waals surface area contributed by atoms with Crippen molar-refractivity contribution in [3.63, 3.8) is 0 Å². The summed E-state index contributed by atoms with van der Waals surface area (Å²) < 4.78 is 4.71. The lowest BCUT2D eigenvalue weighted by Gasteiger charge is -2.29. The van der Waals surface area contributed by atoms with Gasteiger partial charge in [-0.25, -0.2) is 0 Å². The Morgan fingerprint density at radius 2 is 1.95 bits per heavy atom. The van der Waals surface area contributed by atoms with Gasteiger partial charge in [0.25, 0.3) is 0 Å². The molecule has 5 nitrogen and oxygen atoms in total. The molecule has 1 amide bonds. The van der Waals surface area contributed by atoms with Crippen molar-refractivity contribution < 1.29 is 14.3 Å². The summed E-state index contributed by atoms with van der Waals surface area (Å²) in [6.07, 6.45) is 1.93. The Morgan fingerprint density at radius 1 is 1.27 bits per heavy atom. The molecule has 1 aliphatic heterocycles. The van der Waals surface area contributed by atoms with Crippen LogP contribution in [-0.4, -0.2) is 31.6 Å². The quantitative estimate of drug-likeness (QED) is 0.837. The van der Waals surface area contributed by atoms with Crippen molar-refractivity contribution in [3.8, 4) is 0 Å². The van der Waals surface area contributed by atoms with Crippen LogP contribution in [0.15, 0.2) is 18.2 Å². The molecule has 0 saturated carbocycles. The Hall–Kier alpha value is -1.88. The van der Waals surface area contributed by atoms with E-state index < -0.39 is 0 Å². The first kappa shape index (κ1) is 16.5. The van der Waals surface area contributed by atoms with E-state index >= 15 is 0 Å². The number of carbonyl (C=O) groups excluding carboxylic acids is 2. The zero-order chi connectivity index (χ0) is 16.1. The number of benzene rings is 1. The van der Waals surface area contributed by atoms with E-state index in [4.69, 9.17) is 4.74 Å². The molecule has 2 N–H and O–H groups in total. The predicted octanol–water partition coefficient (Wildman–Crippen LogP) is 2.17. The van der Waals surface area contributed by atoms with E-state index in [-0.39, 0.29) is 23.8 Å². The highest BCUT2D eigenvalue weighted by Gasteiger charge is 2.28. The fourth-order valence-corrected chi connectivity index (χ4v) is 2.98. The number of aryl methyl sites for hydroxylation is 2. The first-order chi connectivity index (χ1) is 10.5. The van der Waals surface area contributed by atoms with Crippen LogP contribution in [0, 0.1) is 19.8 Å². The van der Waals surface area contributed by atoms with Gasteiger partial charge in [-0.3, -0.25) is 9.59 Å². The molecular weight excluding hydrogens is 280 g/mol. The molecule has 1 aromatic carbocycles. The number of anilines is 1. The van der Waals surface area contributed by atoms with E-state index in [9.17, 15) is 9.59 Å². The van der Waals surface area contributed by atoms with Gasteiger partial charge in [0.15, 0.2) is 0 Å². The predicted molar refractivity (Wildman–Crippen MR) is 85.7 cm³/mol. The largest absolute Gasteiger partial charge is 0.469 e. The minimum Gasteiger partial charge on any atom is -0.469 e. The highest BCUT2D eigenvalue weighted by atomic mass is 16.5. The monoisotopic (exact) mass is 304 g/mol. The van der Waals surface area contributed by atoms with Crippen molar-refractivity contribution >= 4 is 17.6 Å². The maximum Gasteiger partial charge on any atom is 0.305 e. The van der Waals surface area contributed by atoms with E-state index in [0.29, 0.717) is 12.8 Å². The summed E-state index contributed by atoms with van der Waals surface area (Å²) in [6, 6.07) is 5.73. The van der Waals surface area contributed by atoms with Gasteiger partial charge in [-0.2, -0.15) is 0 Å². The first-order valence-electron chi connectivity index (χ1n) is 7.67. The van der Waals surface area contributed by atoms with Crippen LogP contribution in [0.5, 0.6) is 0 Å². The van der Waals surface area contributed by atoms with Crippen molar-refractivity contribution in [1.29, 1.82) is 0 Å². The van der Waals surface area contributed by atoms with Gasteiger partial charge in [0.2, 0.25) is 5.91 Å². The minimum atomic E-state index is -0.260. The number of rotatable bonds is 4. The Labute approximate surface area is 131 Å². The number of hydrogen-bond donors (Lipinski definition) is 2. The van der Waals surface area contributed by atoms with Gasteiger partial charge in [-0.1, -0.05) is 6.07 Å². The average Bonchev–Trinajstić information content (AvgIpc) is 2.46. The molecule has 1 aliphatic rings. The molecule has 1 aromatic rings. The lowest BCUT2D eigenvalue weighted by Crippen LogP contribution is -2.46. The maximum absolute atomic E-state index is 12.4. The van der Waals surface area contributed by atoms with Gasteiger partial charge in [0.05, 0.1) is 13.2 Å². The van der Waals surface area contributed by atoms with Crippen LogP contribution in [0.3, 0.4) is 0 Å². The van der Waals surface area contributed by atoms with Crippen LogP contribution in [-0.2, 0) is 14.3 Å². The topological polar surface area (TPSA) is 67.4 Å². The standard InChI is InChI=1S/C17H24N2O3/c1-11-6-12(2)8-14(7-11)19-17(21)15-9-13(4-5-18-15)10-16(20)22-3/h6-8,13,15,18H,4-5,9-10H2,1-3H3,(H,19,21)/t13?,15-/m0/s1. The summed E-state index contributed by atoms with van der Waals surface area (Å²) >= 11 is 0. The SMILES string of the molecule is COC(=O)CC1CCN[C@H](C(=O)Nc2cc(C)cc(C)c2)C1. The summed E-state index contributed by atoms with van der Waals surface area (Å²) in [4.78, 5) is 23.8. The zero-order valence-corrected chi connectivity index (χ0v) is 13.4. The van der Waals surface area contributed by atoms with Crippen molar-refractivity contribution in [3.05, 3.63) is 29.3 Å². The second kappa shape index (κ2) is 7.40. The second-order valence-electron chi connectivity index (χ2n) is 6.04. The Balaban J connectivity index is 1.95. The van der Waals surface area contributed by atoms with Gasteiger partial charge < -0.3 is 15.4 Å². The summed E-state index contributed by atoms with van der Waals surface area (Å²) in [6.45, 7) is 4.76. The Morgan fingerprint density at radius 3 is 2.59 bits per heavy atom. The fourth-order valence-electron chi connectivity index (χ4n) is 2.98. The molecule has 22 heavy (non-hydrogen) atoms. The van der Waals surface area contributed by atoms with Crippen LogP contribution in [0.4, 0.5) is 5.69 Å². The van der Waals surface area contributed by atoms with Gasteiger partial charge in [-0.15, -0.1) is 0 Å². The number of nitrogens with one attached hydrogen (secondary N) is 2. The third kappa shape index (κ3) is 4.56. The molecule has 0 aromatic heterocycles. The van der Waals surface area contributed by atoms with Gasteiger partial charge in [-0.05, 0) is 62.4 Å².